The molecule has 1 aromatic rings. The van der Waals surface area contributed by atoms with Crippen molar-refractivity contribution in [1.82, 2.24) is 10.2 Å². The fourth-order valence-corrected chi connectivity index (χ4v) is 2.73. The van der Waals surface area contributed by atoms with E-state index in [2.05, 4.69) is 10.2 Å². The monoisotopic (exact) mass is 248 g/mol. The minimum atomic E-state index is -2.53. The second kappa shape index (κ2) is 5.01. The first-order valence-electron chi connectivity index (χ1n) is 5.30. The minimum Gasteiger partial charge on any atom is -0.342 e. The third-order valence-corrected chi connectivity index (χ3v) is 3.73. The van der Waals surface area contributed by atoms with Gasteiger partial charge in [-0.05, 0) is 19.3 Å². The molecule has 0 bridgehead atoms. The van der Waals surface area contributed by atoms with Gasteiger partial charge in [-0.2, -0.15) is 0 Å². The molecule has 16 heavy (non-hydrogen) atoms. The van der Waals surface area contributed by atoms with E-state index in [0.717, 1.165) is 37.1 Å². The molecule has 1 aromatic heterocycles. The molecular weight excluding hydrogens is 234 g/mol. The lowest BCUT2D eigenvalue weighted by Gasteiger charge is -2.34. The lowest BCUT2D eigenvalue weighted by atomic mass is 10.0. The first-order valence-corrected chi connectivity index (χ1v) is 6.12. The van der Waals surface area contributed by atoms with Gasteiger partial charge in [0.05, 0.1) is 0 Å². The van der Waals surface area contributed by atoms with Gasteiger partial charge in [0.15, 0.2) is 5.01 Å². The van der Waals surface area contributed by atoms with E-state index in [9.17, 15) is 8.78 Å². The highest BCUT2D eigenvalue weighted by atomic mass is 32.1. The van der Waals surface area contributed by atoms with Crippen LogP contribution in [0.15, 0.2) is 0 Å². The number of halogens is 2. The first kappa shape index (κ1) is 11.7. The van der Waals surface area contributed by atoms with Crippen molar-refractivity contribution in [2.45, 2.75) is 31.7 Å². The van der Waals surface area contributed by atoms with Crippen LogP contribution in [-0.4, -0.2) is 29.3 Å². The van der Waals surface area contributed by atoms with Crippen molar-refractivity contribution in [3.8, 4) is 0 Å². The van der Waals surface area contributed by atoms with Crippen molar-refractivity contribution in [3.63, 3.8) is 0 Å². The number of anilines is 1. The van der Waals surface area contributed by atoms with E-state index in [1.54, 1.807) is 0 Å². The van der Waals surface area contributed by atoms with Gasteiger partial charge in [0, 0.05) is 19.1 Å². The molecular formula is C9H14F2N4S. The highest BCUT2D eigenvalue weighted by Crippen LogP contribution is 2.31. The van der Waals surface area contributed by atoms with Gasteiger partial charge in [-0.3, -0.25) is 0 Å². The molecule has 7 heteroatoms. The number of piperidine rings is 1. The standard InChI is InChI=1S/C9H14F2N4S/c10-7(11)8-13-14-9(16-8)15-4-2-1-3-6(15)5-12/h6-7H,1-5,12H2. The fourth-order valence-electron chi connectivity index (χ4n) is 1.93. The molecule has 1 fully saturated rings. The quantitative estimate of drug-likeness (QED) is 0.886. The maximum absolute atomic E-state index is 12.4. The van der Waals surface area contributed by atoms with Gasteiger partial charge in [-0.25, -0.2) is 8.78 Å². The molecule has 0 aliphatic carbocycles. The van der Waals surface area contributed by atoms with Gasteiger partial charge < -0.3 is 10.6 Å². The number of hydrogen-bond acceptors (Lipinski definition) is 5. The molecule has 1 aliphatic rings. The largest absolute Gasteiger partial charge is 0.342 e. The van der Waals surface area contributed by atoms with E-state index in [1.807, 2.05) is 4.90 Å². The van der Waals surface area contributed by atoms with E-state index in [4.69, 9.17) is 5.73 Å². The van der Waals surface area contributed by atoms with Crippen LogP contribution >= 0.6 is 11.3 Å². The number of nitrogens with zero attached hydrogens (tertiary/aromatic N) is 3. The molecule has 0 saturated carbocycles. The average Bonchev–Trinajstić information content (AvgIpc) is 2.78. The fraction of sp³-hybridized carbons (Fsp3) is 0.778. The normalized spacial score (nSPS) is 21.8. The lowest BCUT2D eigenvalue weighted by molar-refractivity contribution is 0.150. The van der Waals surface area contributed by atoms with Gasteiger partial charge in [0.25, 0.3) is 6.43 Å². The molecule has 1 saturated heterocycles. The summed E-state index contributed by atoms with van der Waals surface area (Å²) in [5, 5.41) is 7.68. The smallest absolute Gasteiger partial charge is 0.291 e. The Morgan fingerprint density at radius 3 is 2.88 bits per heavy atom. The summed E-state index contributed by atoms with van der Waals surface area (Å²) in [5.74, 6) is 0. The molecule has 1 unspecified atom stereocenters. The van der Waals surface area contributed by atoms with Gasteiger partial charge in [0.2, 0.25) is 5.13 Å². The Bertz CT molecular complexity index is 344. The van der Waals surface area contributed by atoms with Crippen LogP contribution in [0.2, 0.25) is 0 Å². The van der Waals surface area contributed by atoms with Crippen LogP contribution in [0, 0.1) is 0 Å². The van der Waals surface area contributed by atoms with Crippen LogP contribution < -0.4 is 10.6 Å². The summed E-state index contributed by atoms with van der Waals surface area (Å²) in [6.07, 6.45) is 0.659. The van der Waals surface area contributed by atoms with Gasteiger partial charge in [0.1, 0.15) is 0 Å². The summed E-state index contributed by atoms with van der Waals surface area (Å²) in [4.78, 5) is 2.01. The van der Waals surface area contributed by atoms with Gasteiger partial charge in [-0.15, -0.1) is 10.2 Å². The Labute approximate surface area is 96.5 Å². The van der Waals surface area contributed by atoms with Crippen molar-refractivity contribution in [3.05, 3.63) is 5.01 Å². The van der Waals surface area contributed by atoms with Crippen molar-refractivity contribution in [1.29, 1.82) is 0 Å². The summed E-state index contributed by atoms with van der Waals surface area (Å²) in [6, 6.07) is 0.215. The van der Waals surface area contributed by atoms with E-state index in [1.165, 1.54) is 0 Å². The number of rotatable bonds is 3. The van der Waals surface area contributed by atoms with Crippen molar-refractivity contribution in [2.24, 2.45) is 5.73 Å². The zero-order chi connectivity index (χ0) is 11.5. The van der Waals surface area contributed by atoms with Crippen molar-refractivity contribution in [2.75, 3.05) is 18.0 Å². The first-order chi connectivity index (χ1) is 7.72. The van der Waals surface area contributed by atoms with Crippen LogP contribution in [0.25, 0.3) is 0 Å². The number of aromatic nitrogens is 2. The zero-order valence-electron chi connectivity index (χ0n) is 8.77. The van der Waals surface area contributed by atoms with E-state index in [0.29, 0.717) is 11.7 Å². The van der Waals surface area contributed by atoms with Crippen LogP contribution in [-0.2, 0) is 0 Å². The number of alkyl halides is 2. The Morgan fingerprint density at radius 2 is 2.25 bits per heavy atom. The van der Waals surface area contributed by atoms with E-state index in [-0.39, 0.29) is 11.0 Å². The molecule has 0 amide bonds. The Kier molecular flexibility index (Phi) is 3.65. The maximum Gasteiger partial charge on any atom is 0.291 e. The molecule has 2 heterocycles. The molecule has 2 N–H and O–H groups in total. The molecule has 1 atom stereocenters. The summed E-state index contributed by atoms with van der Waals surface area (Å²) < 4.78 is 24.8. The topological polar surface area (TPSA) is 55.0 Å². The van der Waals surface area contributed by atoms with E-state index < -0.39 is 6.43 Å². The average molecular weight is 248 g/mol. The SMILES string of the molecule is NCC1CCCCN1c1nnc(C(F)F)s1. The molecule has 0 radical (unpaired) electrons. The van der Waals surface area contributed by atoms with E-state index >= 15 is 0 Å². The molecule has 0 spiro atoms. The Balaban J connectivity index is 2.14. The minimum absolute atomic E-state index is 0.212. The highest BCUT2D eigenvalue weighted by molar-refractivity contribution is 7.15. The van der Waals surface area contributed by atoms with Crippen LogP contribution in [0.4, 0.5) is 13.9 Å². The zero-order valence-corrected chi connectivity index (χ0v) is 9.59. The molecule has 90 valence electrons. The van der Waals surface area contributed by atoms with Gasteiger partial charge >= 0.3 is 0 Å². The predicted molar refractivity (Wildman–Crippen MR) is 58.9 cm³/mol. The molecule has 0 aromatic carbocycles. The summed E-state index contributed by atoms with van der Waals surface area (Å²) in [7, 11) is 0. The number of nitrogens with two attached hydrogens (primary N) is 1. The summed E-state index contributed by atoms with van der Waals surface area (Å²) in [5.41, 5.74) is 5.66. The summed E-state index contributed by atoms with van der Waals surface area (Å²) in [6.45, 7) is 1.36. The third kappa shape index (κ3) is 2.30. The molecule has 2 rings (SSSR count). The molecule has 4 nitrogen and oxygen atoms in total. The third-order valence-electron chi connectivity index (χ3n) is 2.76. The van der Waals surface area contributed by atoms with Crippen molar-refractivity contribution >= 4 is 16.5 Å². The van der Waals surface area contributed by atoms with Crippen LogP contribution in [0.5, 0.6) is 0 Å². The number of hydrogen-bond donors (Lipinski definition) is 1. The highest BCUT2D eigenvalue weighted by Gasteiger charge is 2.25. The Hall–Kier alpha value is -0.820. The Morgan fingerprint density at radius 1 is 1.44 bits per heavy atom. The molecule has 1 aliphatic heterocycles. The second-order valence-electron chi connectivity index (χ2n) is 3.80. The van der Waals surface area contributed by atoms with Crippen LogP contribution in [0.3, 0.4) is 0 Å². The second-order valence-corrected chi connectivity index (χ2v) is 4.79. The van der Waals surface area contributed by atoms with Gasteiger partial charge in [-0.1, -0.05) is 11.3 Å². The predicted octanol–water partition coefficient (Wildman–Crippen LogP) is 1.79. The maximum atomic E-state index is 12.4. The van der Waals surface area contributed by atoms with Crippen LogP contribution in [0.1, 0.15) is 30.7 Å². The lowest BCUT2D eigenvalue weighted by Crippen LogP contribution is -2.44. The van der Waals surface area contributed by atoms with Crippen molar-refractivity contribution < 1.29 is 8.78 Å². The summed E-state index contributed by atoms with van der Waals surface area (Å²) >= 11 is 0.965.